The smallest absolute Gasteiger partial charge is 0.0932 e. The van der Waals surface area contributed by atoms with E-state index >= 15 is 0 Å². The average Bonchev–Trinajstić information content (AvgIpc) is 2.36. The van der Waals surface area contributed by atoms with E-state index in [1.807, 2.05) is 6.07 Å². The highest BCUT2D eigenvalue weighted by molar-refractivity contribution is 7.16. The maximum atomic E-state index is 9.41. The lowest BCUT2D eigenvalue weighted by atomic mass is 10.2. The van der Waals surface area contributed by atoms with Crippen molar-refractivity contribution in [2.45, 2.75) is 12.5 Å². The van der Waals surface area contributed by atoms with Gasteiger partial charge >= 0.3 is 0 Å². The molecule has 11 heavy (non-hydrogen) atoms. The molecule has 0 aromatic carbocycles. The lowest BCUT2D eigenvalue weighted by Crippen LogP contribution is -1.90. The van der Waals surface area contributed by atoms with Crippen molar-refractivity contribution in [3.8, 4) is 0 Å². The molecule has 1 aromatic rings. The van der Waals surface area contributed by atoms with Gasteiger partial charge in [-0.05, 0) is 18.6 Å². The Bertz CT molecular complexity index is 244. The maximum Gasteiger partial charge on any atom is 0.0932 e. The molecule has 1 aromatic heterocycles. The third-order valence-electron chi connectivity index (χ3n) is 1.31. The van der Waals surface area contributed by atoms with Gasteiger partial charge in [-0.3, -0.25) is 0 Å². The van der Waals surface area contributed by atoms with Crippen LogP contribution in [0.15, 0.2) is 24.8 Å². The van der Waals surface area contributed by atoms with Gasteiger partial charge in [-0.25, -0.2) is 0 Å². The first kappa shape index (κ1) is 8.78. The van der Waals surface area contributed by atoms with E-state index < -0.39 is 6.10 Å². The van der Waals surface area contributed by atoms with Crippen molar-refractivity contribution in [3.05, 3.63) is 34.0 Å². The SMILES string of the molecule is C=CCC(O)c1ccc(Cl)s1. The van der Waals surface area contributed by atoms with E-state index in [1.54, 1.807) is 12.1 Å². The minimum Gasteiger partial charge on any atom is -0.387 e. The molecular weight excluding hydrogens is 180 g/mol. The van der Waals surface area contributed by atoms with Crippen molar-refractivity contribution >= 4 is 22.9 Å². The lowest BCUT2D eigenvalue weighted by Gasteiger charge is -2.02. The van der Waals surface area contributed by atoms with E-state index in [0.29, 0.717) is 10.8 Å². The molecule has 1 unspecified atom stereocenters. The Labute approximate surface area is 74.9 Å². The first-order valence-electron chi connectivity index (χ1n) is 3.28. The number of hydrogen-bond donors (Lipinski definition) is 1. The summed E-state index contributed by atoms with van der Waals surface area (Å²) in [6, 6.07) is 3.62. The van der Waals surface area contributed by atoms with Gasteiger partial charge in [-0.2, -0.15) is 0 Å². The molecule has 0 spiro atoms. The molecule has 0 bridgehead atoms. The zero-order valence-electron chi connectivity index (χ0n) is 5.96. The summed E-state index contributed by atoms with van der Waals surface area (Å²) in [6.45, 7) is 3.54. The van der Waals surface area contributed by atoms with Crippen molar-refractivity contribution in [2.75, 3.05) is 0 Å². The highest BCUT2D eigenvalue weighted by atomic mass is 35.5. The van der Waals surface area contributed by atoms with Gasteiger partial charge in [0.05, 0.1) is 10.4 Å². The normalized spacial score (nSPS) is 12.9. The molecule has 0 saturated heterocycles. The fourth-order valence-corrected chi connectivity index (χ4v) is 1.84. The molecule has 1 nitrogen and oxygen atoms in total. The number of thiophene rings is 1. The quantitative estimate of drug-likeness (QED) is 0.724. The van der Waals surface area contributed by atoms with E-state index in [2.05, 4.69) is 6.58 Å². The third kappa shape index (κ3) is 2.33. The molecule has 60 valence electrons. The highest BCUT2D eigenvalue weighted by Gasteiger charge is 2.07. The lowest BCUT2D eigenvalue weighted by molar-refractivity contribution is 0.185. The van der Waals surface area contributed by atoms with Crippen LogP contribution in [0.4, 0.5) is 0 Å². The van der Waals surface area contributed by atoms with Gasteiger partial charge in [0.1, 0.15) is 0 Å². The van der Waals surface area contributed by atoms with Gasteiger partial charge in [-0.1, -0.05) is 17.7 Å². The standard InChI is InChI=1S/C8H9ClOS/c1-2-3-6(10)7-4-5-8(9)11-7/h2,4-6,10H,1,3H2. The summed E-state index contributed by atoms with van der Waals surface area (Å²) < 4.78 is 0.711. The second-order valence-corrected chi connectivity index (χ2v) is 3.93. The highest BCUT2D eigenvalue weighted by Crippen LogP contribution is 2.28. The molecule has 0 aliphatic carbocycles. The maximum absolute atomic E-state index is 9.41. The number of aliphatic hydroxyl groups excluding tert-OH is 1. The minimum atomic E-state index is -0.440. The first-order valence-corrected chi connectivity index (χ1v) is 4.47. The summed E-state index contributed by atoms with van der Waals surface area (Å²) in [5.41, 5.74) is 0. The van der Waals surface area contributed by atoms with Crippen molar-refractivity contribution < 1.29 is 5.11 Å². The van der Waals surface area contributed by atoms with E-state index in [9.17, 15) is 5.11 Å². The molecule has 0 fully saturated rings. The molecular formula is C8H9ClOS. The Kier molecular flexibility index (Phi) is 3.12. The minimum absolute atomic E-state index is 0.440. The molecule has 0 saturated carbocycles. The molecule has 0 aliphatic heterocycles. The molecule has 0 radical (unpaired) electrons. The number of rotatable bonds is 3. The third-order valence-corrected chi connectivity index (χ3v) is 2.64. The number of halogens is 1. The van der Waals surface area contributed by atoms with E-state index in [-0.39, 0.29) is 0 Å². The van der Waals surface area contributed by atoms with Crippen LogP contribution in [-0.4, -0.2) is 5.11 Å². The van der Waals surface area contributed by atoms with Gasteiger partial charge in [0, 0.05) is 4.88 Å². The van der Waals surface area contributed by atoms with Gasteiger partial charge in [-0.15, -0.1) is 17.9 Å². The van der Waals surface area contributed by atoms with Crippen LogP contribution in [0, 0.1) is 0 Å². The van der Waals surface area contributed by atoms with E-state index in [4.69, 9.17) is 11.6 Å². The molecule has 1 rings (SSSR count). The number of aliphatic hydroxyl groups is 1. The Hall–Kier alpha value is -0.310. The van der Waals surface area contributed by atoms with Crippen LogP contribution in [0.3, 0.4) is 0 Å². The van der Waals surface area contributed by atoms with Crippen molar-refractivity contribution in [2.24, 2.45) is 0 Å². The van der Waals surface area contributed by atoms with Crippen molar-refractivity contribution in [1.29, 1.82) is 0 Å². The van der Waals surface area contributed by atoms with Crippen molar-refractivity contribution in [3.63, 3.8) is 0 Å². The second-order valence-electron chi connectivity index (χ2n) is 2.18. The van der Waals surface area contributed by atoms with Crippen LogP contribution in [0.25, 0.3) is 0 Å². The summed E-state index contributed by atoms with van der Waals surface area (Å²) in [7, 11) is 0. The molecule has 3 heteroatoms. The summed E-state index contributed by atoms with van der Waals surface area (Å²) >= 11 is 7.09. The Morgan fingerprint density at radius 1 is 1.73 bits per heavy atom. The summed E-state index contributed by atoms with van der Waals surface area (Å²) in [6.07, 6.45) is 1.83. The largest absolute Gasteiger partial charge is 0.387 e. The van der Waals surface area contributed by atoms with E-state index in [1.165, 1.54) is 11.3 Å². The predicted octanol–water partition coefficient (Wildman–Crippen LogP) is 3.01. The number of hydrogen-bond acceptors (Lipinski definition) is 2. The zero-order chi connectivity index (χ0) is 8.27. The van der Waals surface area contributed by atoms with Crippen LogP contribution in [0.5, 0.6) is 0 Å². The van der Waals surface area contributed by atoms with Crippen LogP contribution in [0.2, 0.25) is 4.34 Å². The predicted molar refractivity (Wildman–Crippen MR) is 49.1 cm³/mol. The fraction of sp³-hybridized carbons (Fsp3) is 0.250. The molecule has 1 N–H and O–H groups in total. The Balaban J connectivity index is 2.67. The van der Waals surface area contributed by atoms with E-state index in [0.717, 1.165) is 4.88 Å². The second kappa shape index (κ2) is 3.90. The van der Waals surface area contributed by atoms with Gasteiger partial charge < -0.3 is 5.11 Å². The van der Waals surface area contributed by atoms with Crippen LogP contribution >= 0.6 is 22.9 Å². The van der Waals surface area contributed by atoms with Crippen LogP contribution in [-0.2, 0) is 0 Å². The van der Waals surface area contributed by atoms with Crippen molar-refractivity contribution in [1.82, 2.24) is 0 Å². The Morgan fingerprint density at radius 2 is 2.45 bits per heavy atom. The first-order chi connectivity index (χ1) is 5.24. The van der Waals surface area contributed by atoms with Crippen LogP contribution < -0.4 is 0 Å². The summed E-state index contributed by atoms with van der Waals surface area (Å²) in [5, 5.41) is 9.41. The topological polar surface area (TPSA) is 20.2 Å². The summed E-state index contributed by atoms with van der Waals surface area (Å²) in [5.74, 6) is 0. The van der Waals surface area contributed by atoms with Gasteiger partial charge in [0.25, 0.3) is 0 Å². The monoisotopic (exact) mass is 188 g/mol. The van der Waals surface area contributed by atoms with Crippen LogP contribution in [0.1, 0.15) is 17.4 Å². The van der Waals surface area contributed by atoms with Gasteiger partial charge in [0.15, 0.2) is 0 Å². The molecule has 1 heterocycles. The zero-order valence-corrected chi connectivity index (χ0v) is 7.53. The Morgan fingerprint density at radius 3 is 2.91 bits per heavy atom. The molecule has 0 amide bonds. The van der Waals surface area contributed by atoms with Gasteiger partial charge in [0.2, 0.25) is 0 Å². The molecule has 0 aliphatic rings. The fourth-order valence-electron chi connectivity index (χ4n) is 0.781. The average molecular weight is 189 g/mol. The summed E-state index contributed by atoms with van der Waals surface area (Å²) in [4.78, 5) is 0.898. The molecule has 1 atom stereocenters.